The van der Waals surface area contributed by atoms with Gasteiger partial charge < -0.3 is 4.74 Å². The molecule has 0 fully saturated rings. The van der Waals surface area contributed by atoms with Crippen molar-refractivity contribution in [3.63, 3.8) is 0 Å². The maximum atomic E-state index is 11.1. The van der Waals surface area contributed by atoms with Crippen LogP contribution < -0.4 is 4.74 Å². The van der Waals surface area contributed by atoms with Crippen molar-refractivity contribution in [2.75, 3.05) is 0 Å². The summed E-state index contributed by atoms with van der Waals surface area (Å²) in [5, 5.41) is 0. The Kier molecular flexibility index (Phi) is 4.27. The lowest BCUT2D eigenvalue weighted by Gasteiger charge is -2.03. The molecule has 0 aromatic heterocycles. The van der Waals surface area contributed by atoms with E-state index < -0.39 is 0 Å². The molecule has 63 valence electrons. The molecule has 0 aliphatic heterocycles. The smallest absolute Gasteiger partial charge is 0.334 e. The van der Waals surface area contributed by atoms with Gasteiger partial charge in [0, 0.05) is 0 Å². The number of alkyl halides is 2. The highest BCUT2D eigenvalue weighted by Gasteiger charge is 2.11. The van der Waals surface area contributed by atoms with Crippen LogP contribution in [-0.2, 0) is 4.79 Å². The molecule has 0 saturated carbocycles. The Morgan fingerprint density at radius 2 is 2.00 bits per heavy atom. The van der Waals surface area contributed by atoms with Crippen LogP contribution in [0.15, 0.2) is 24.3 Å². The average Bonchev–Trinajstić information content (AvgIpc) is 2.06. The number of halogens is 2. The van der Waals surface area contributed by atoms with Crippen LogP contribution in [0.2, 0.25) is 0 Å². The maximum Gasteiger partial charge on any atom is 0.334 e. The highest BCUT2D eigenvalue weighted by molar-refractivity contribution is 14.2. The summed E-state index contributed by atoms with van der Waals surface area (Å²) in [5.74, 6) is 0.333. The summed E-state index contributed by atoms with van der Waals surface area (Å²) >= 11 is 4.00. The van der Waals surface area contributed by atoms with Crippen LogP contribution in [0.5, 0.6) is 5.75 Å². The first-order chi connectivity index (χ1) is 5.70. The monoisotopic (exact) mass is 387 g/mol. The minimum Gasteiger partial charge on any atom is -0.425 e. The van der Waals surface area contributed by atoms with Gasteiger partial charge in [-0.1, -0.05) is 57.3 Å². The number of rotatable bonds is 2. The molecule has 4 heteroatoms. The van der Waals surface area contributed by atoms with E-state index >= 15 is 0 Å². The number of carbonyl (C=O) groups excluding carboxylic acids is 1. The van der Waals surface area contributed by atoms with Gasteiger partial charge in [-0.15, -0.1) is 0 Å². The molecule has 1 radical (unpaired) electrons. The molecule has 0 spiro atoms. The minimum atomic E-state index is -0.234. The summed E-state index contributed by atoms with van der Waals surface area (Å²) in [6, 6.07) is 9.66. The van der Waals surface area contributed by atoms with E-state index in [9.17, 15) is 4.79 Å². The quantitative estimate of drug-likeness (QED) is 0.338. The van der Waals surface area contributed by atoms with Crippen LogP contribution in [0.4, 0.5) is 0 Å². The minimum absolute atomic E-state index is 0.149. The first-order valence-corrected chi connectivity index (χ1v) is 5.65. The third kappa shape index (κ3) is 3.26. The van der Waals surface area contributed by atoms with Crippen molar-refractivity contribution in [1.29, 1.82) is 0 Å². The van der Waals surface area contributed by atoms with Gasteiger partial charge in [0.2, 0.25) is 0 Å². The Labute approximate surface area is 98.0 Å². The van der Waals surface area contributed by atoms with Crippen molar-refractivity contribution in [2.24, 2.45) is 0 Å². The SMILES string of the molecule is O=C(Oc1cc[c]cc1)C(I)I. The second kappa shape index (κ2) is 5.00. The number of esters is 1. The molecule has 0 aliphatic carbocycles. The summed E-state index contributed by atoms with van der Waals surface area (Å²) in [6.45, 7) is 0. The van der Waals surface area contributed by atoms with E-state index in [1.165, 1.54) is 0 Å². The highest BCUT2D eigenvalue weighted by atomic mass is 127. The largest absolute Gasteiger partial charge is 0.425 e. The van der Waals surface area contributed by atoms with Crippen molar-refractivity contribution < 1.29 is 9.53 Å². The second-order valence-corrected chi connectivity index (χ2v) is 6.83. The molecule has 2 nitrogen and oxygen atoms in total. The molecule has 0 bridgehead atoms. The molecule has 0 unspecified atom stereocenters. The van der Waals surface area contributed by atoms with Crippen LogP contribution >= 0.6 is 45.2 Å². The van der Waals surface area contributed by atoms with Gasteiger partial charge in [-0.2, -0.15) is 0 Å². The number of hydrogen-bond acceptors (Lipinski definition) is 2. The summed E-state index contributed by atoms with van der Waals surface area (Å²) in [6.07, 6.45) is 0. The van der Waals surface area contributed by atoms with Crippen LogP contribution in [0.25, 0.3) is 0 Å². The van der Waals surface area contributed by atoms with Gasteiger partial charge in [-0.05, 0) is 18.2 Å². The fourth-order valence-electron chi connectivity index (χ4n) is 0.600. The Bertz CT molecular complexity index is 259. The van der Waals surface area contributed by atoms with Gasteiger partial charge in [-0.25, -0.2) is 4.79 Å². The molecule has 1 aromatic rings. The van der Waals surface area contributed by atoms with E-state index in [0.29, 0.717) is 5.75 Å². The highest BCUT2D eigenvalue weighted by Crippen LogP contribution is 2.15. The van der Waals surface area contributed by atoms with E-state index in [-0.39, 0.29) is 7.90 Å². The second-order valence-electron chi connectivity index (χ2n) is 1.96. The molecule has 1 rings (SSSR count). The van der Waals surface area contributed by atoms with Gasteiger partial charge in [0.15, 0.2) is 1.93 Å². The molecular formula is C8H5I2O2. The predicted octanol–water partition coefficient (Wildman–Crippen LogP) is 2.59. The zero-order valence-corrected chi connectivity index (χ0v) is 10.3. The summed E-state index contributed by atoms with van der Waals surface area (Å²) in [7, 11) is 0. The summed E-state index contributed by atoms with van der Waals surface area (Å²) in [5.41, 5.74) is 0. The van der Waals surface area contributed by atoms with E-state index in [4.69, 9.17) is 4.74 Å². The van der Waals surface area contributed by atoms with Crippen molar-refractivity contribution >= 4 is 51.2 Å². The van der Waals surface area contributed by atoms with Gasteiger partial charge in [0.05, 0.1) is 0 Å². The van der Waals surface area contributed by atoms with E-state index in [1.807, 2.05) is 45.2 Å². The molecular weight excluding hydrogens is 382 g/mol. The molecule has 12 heavy (non-hydrogen) atoms. The zero-order valence-electron chi connectivity index (χ0n) is 5.96. The lowest BCUT2D eigenvalue weighted by Crippen LogP contribution is -2.14. The summed E-state index contributed by atoms with van der Waals surface area (Å²) in [4.78, 5) is 11.1. The van der Waals surface area contributed by atoms with Gasteiger partial charge in [0.25, 0.3) is 0 Å². The molecule has 0 atom stereocenters. The Morgan fingerprint density at radius 3 is 2.50 bits per heavy atom. The number of benzene rings is 1. The van der Waals surface area contributed by atoms with Crippen LogP contribution in [0, 0.1) is 6.07 Å². The molecule has 0 N–H and O–H groups in total. The van der Waals surface area contributed by atoms with Crippen molar-refractivity contribution in [3.05, 3.63) is 30.3 Å². The van der Waals surface area contributed by atoms with E-state index in [2.05, 4.69) is 6.07 Å². The Balaban J connectivity index is 2.59. The first kappa shape index (κ1) is 10.2. The van der Waals surface area contributed by atoms with Crippen LogP contribution in [-0.4, -0.2) is 7.90 Å². The fraction of sp³-hybridized carbons (Fsp3) is 0.125. The Hall–Kier alpha value is 0.150. The lowest BCUT2D eigenvalue weighted by molar-refractivity contribution is -0.131. The molecule has 0 heterocycles. The molecule has 0 saturated heterocycles. The van der Waals surface area contributed by atoms with Gasteiger partial charge >= 0.3 is 5.97 Å². The molecule has 0 amide bonds. The van der Waals surface area contributed by atoms with Crippen molar-refractivity contribution in [2.45, 2.75) is 1.93 Å². The Morgan fingerprint density at radius 1 is 1.42 bits per heavy atom. The standard InChI is InChI=1S/C8H5I2O2/c9-7(10)8(11)12-6-4-2-1-3-5-6/h2-5,7H. The fourth-order valence-corrected chi connectivity index (χ4v) is 0.855. The normalized spacial score (nSPS) is 9.92. The number of hydrogen-bond donors (Lipinski definition) is 0. The number of ether oxygens (including phenoxy) is 1. The number of carbonyl (C=O) groups is 1. The average molecular weight is 387 g/mol. The molecule has 0 aliphatic rings. The maximum absolute atomic E-state index is 11.1. The van der Waals surface area contributed by atoms with E-state index in [1.54, 1.807) is 24.3 Å². The zero-order chi connectivity index (χ0) is 8.97. The lowest BCUT2D eigenvalue weighted by atomic mass is 10.3. The van der Waals surface area contributed by atoms with Crippen LogP contribution in [0.1, 0.15) is 0 Å². The van der Waals surface area contributed by atoms with Crippen molar-refractivity contribution in [3.8, 4) is 5.75 Å². The topological polar surface area (TPSA) is 26.3 Å². The van der Waals surface area contributed by atoms with Crippen LogP contribution in [0.3, 0.4) is 0 Å². The summed E-state index contributed by atoms with van der Waals surface area (Å²) < 4.78 is 4.85. The van der Waals surface area contributed by atoms with Gasteiger partial charge in [-0.3, -0.25) is 0 Å². The third-order valence-electron chi connectivity index (χ3n) is 1.08. The third-order valence-corrected chi connectivity index (χ3v) is 2.10. The first-order valence-electron chi connectivity index (χ1n) is 3.16. The van der Waals surface area contributed by atoms with E-state index in [0.717, 1.165) is 0 Å². The molecule has 1 aromatic carbocycles. The predicted molar refractivity (Wildman–Crippen MR) is 62.7 cm³/mol. The van der Waals surface area contributed by atoms with Crippen molar-refractivity contribution in [1.82, 2.24) is 0 Å². The van der Waals surface area contributed by atoms with Gasteiger partial charge in [0.1, 0.15) is 5.75 Å².